The molecule has 0 spiro atoms. The molecule has 28 heavy (non-hydrogen) atoms. The molecule has 1 aromatic carbocycles. The van der Waals surface area contributed by atoms with Crippen molar-refractivity contribution in [3.8, 4) is 0 Å². The lowest BCUT2D eigenvalue weighted by Crippen LogP contribution is -2.63. The van der Waals surface area contributed by atoms with Gasteiger partial charge in [0.05, 0.1) is 5.69 Å². The number of ether oxygens (including phenoxy) is 1. The lowest BCUT2D eigenvalue weighted by Gasteiger charge is -2.44. The van der Waals surface area contributed by atoms with Crippen molar-refractivity contribution in [3.05, 3.63) is 53.3 Å². The predicted octanol–water partition coefficient (Wildman–Crippen LogP) is 2.17. The van der Waals surface area contributed by atoms with Gasteiger partial charge in [0, 0.05) is 44.7 Å². The second-order valence-corrected chi connectivity index (χ2v) is 7.81. The summed E-state index contributed by atoms with van der Waals surface area (Å²) in [5.74, 6) is 0.0963. The van der Waals surface area contributed by atoms with Crippen molar-refractivity contribution in [2.45, 2.75) is 38.8 Å². The highest BCUT2D eigenvalue weighted by Crippen LogP contribution is 2.32. The van der Waals surface area contributed by atoms with E-state index in [1.54, 1.807) is 0 Å². The molecular weight excluding hydrogens is 356 g/mol. The normalized spacial score (nSPS) is 21.6. The van der Waals surface area contributed by atoms with Crippen LogP contribution >= 0.6 is 0 Å². The zero-order valence-corrected chi connectivity index (χ0v) is 16.4. The van der Waals surface area contributed by atoms with Gasteiger partial charge in [0.25, 0.3) is 0 Å². The topological polar surface area (TPSA) is 67.7 Å². The fraction of sp³-hybridized carbons (Fsp3) is 0.476. The van der Waals surface area contributed by atoms with Crippen molar-refractivity contribution in [2.75, 3.05) is 26.2 Å². The van der Waals surface area contributed by atoms with Gasteiger partial charge >= 0.3 is 6.09 Å². The molecule has 2 amide bonds. The molecule has 1 aromatic heterocycles. The van der Waals surface area contributed by atoms with Gasteiger partial charge in [0.1, 0.15) is 12.1 Å². The van der Waals surface area contributed by atoms with Gasteiger partial charge in [-0.2, -0.15) is 5.10 Å². The summed E-state index contributed by atoms with van der Waals surface area (Å²) in [4.78, 5) is 28.8. The molecule has 2 aliphatic rings. The van der Waals surface area contributed by atoms with Gasteiger partial charge in [-0.05, 0) is 25.5 Å². The number of aryl methyl sites for hydroxylation is 3. The van der Waals surface area contributed by atoms with Gasteiger partial charge in [-0.15, -0.1) is 0 Å². The largest absolute Gasteiger partial charge is 0.447 e. The predicted molar refractivity (Wildman–Crippen MR) is 104 cm³/mol. The van der Waals surface area contributed by atoms with Gasteiger partial charge in [0.2, 0.25) is 5.91 Å². The molecule has 2 fully saturated rings. The lowest BCUT2D eigenvalue weighted by molar-refractivity contribution is -0.135. The van der Waals surface area contributed by atoms with Crippen molar-refractivity contribution in [1.82, 2.24) is 19.6 Å². The minimum Gasteiger partial charge on any atom is -0.447 e. The van der Waals surface area contributed by atoms with E-state index in [0.29, 0.717) is 45.6 Å². The summed E-state index contributed by atoms with van der Waals surface area (Å²) < 4.78 is 7.27. The van der Waals surface area contributed by atoms with Gasteiger partial charge < -0.3 is 9.64 Å². The van der Waals surface area contributed by atoms with E-state index in [1.165, 1.54) is 0 Å². The molecule has 0 saturated carbocycles. The highest BCUT2D eigenvalue weighted by molar-refractivity contribution is 5.78. The van der Waals surface area contributed by atoms with Crippen LogP contribution < -0.4 is 0 Å². The van der Waals surface area contributed by atoms with E-state index >= 15 is 0 Å². The molecule has 4 rings (SSSR count). The summed E-state index contributed by atoms with van der Waals surface area (Å²) in [6, 6.07) is 12.1. The Kier molecular flexibility index (Phi) is 4.83. The molecule has 1 unspecified atom stereocenters. The highest BCUT2D eigenvalue weighted by atomic mass is 16.6. The Morgan fingerprint density at radius 1 is 1.21 bits per heavy atom. The van der Waals surface area contributed by atoms with Crippen LogP contribution in [0.4, 0.5) is 4.79 Å². The monoisotopic (exact) mass is 382 g/mol. The van der Waals surface area contributed by atoms with Crippen molar-refractivity contribution in [1.29, 1.82) is 0 Å². The first-order chi connectivity index (χ1) is 13.5. The number of hydrogen-bond acceptors (Lipinski definition) is 4. The molecule has 7 heteroatoms. The average Bonchev–Trinajstić information content (AvgIpc) is 3.18. The molecule has 148 valence electrons. The van der Waals surface area contributed by atoms with Gasteiger partial charge in [-0.3, -0.25) is 14.4 Å². The second-order valence-electron chi connectivity index (χ2n) is 7.81. The summed E-state index contributed by atoms with van der Waals surface area (Å²) >= 11 is 0. The number of piperazine rings is 1. The SMILES string of the molecule is Cc1cc(C)n(CCC(=O)N2CCN3C(=O)OCC3(Cc3ccccc3)C2)n1. The van der Waals surface area contributed by atoms with Crippen LogP contribution in [0.3, 0.4) is 0 Å². The van der Waals surface area contributed by atoms with Gasteiger partial charge in [-0.1, -0.05) is 30.3 Å². The Morgan fingerprint density at radius 2 is 2.00 bits per heavy atom. The maximum Gasteiger partial charge on any atom is 0.410 e. The Hall–Kier alpha value is -2.83. The number of nitrogens with zero attached hydrogens (tertiary/aromatic N) is 4. The quantitative estimate of drug-likeness (QED) is 0.795. The van der Waals surface area contributed by atoms with Crippen LogP contribution in [0.5, 0.6) is 0 Å². The van der Waals surface area contributed by atoms with Crippen molar-refractivity contribution in [2.24, 2.45) is 0 Å². The van der Waals surface area contributed by atoms with Crippen molar-refractivity contribution in [3.63, 3.8) is 0 Å². The molecule has 2 aromatic rings. The van der Waals surface area contributed by atoms with E-state index in [2.05, 4.69) is 17.2 Å². The van der Waals surface area contributed by atoms with Crippen LogP contribution in [0.1, 0.15) is 23.4 Å². The number of carbonyl (C=O) groups excluding carboxylic acids is 2. The average molecular weight is 382 g/mol. The number of carbonyl (C=O) groups is 2. The molecule has 0 N–H and O–H groups in total. The summed E-state index contributed by atoms with van der Waals surface area (Å²) in [6.45, 7) is 6.40. The van der Waals surface area contributed by atoms with Crippen molar-refractivity contribution >= 4 is 12.0 Å². The van der Waals surface area contributed by atoms with E-state index < -0.39 is 5.54 Å². The summed E-state index contributed by atoms with van der Waals surface area (Å²) in [7, 11) is 0. The summed E-state index contributed by atoms with van der Waals surface area (Å²) in [5, 5.41) is 4.43. The molecule has 1 atom stereocenters. The Balaban J connectivity index is 1.46. The third-order valence-corrected chi connectivity index (χ3v) is 5.71. The number of benzene rings is 1. The molecule has 2 saturated heterocycles. The maximum absolute atomic E-state index is 12.9. The molecule has 0 radical (unpaired) electrons. The van der Waals surface area contributed by atoms with Gasteiger partial charge in [0.15, 0.2) is 0 Å². The second kappa shape index (κ2) is 7.30. The zero-order chi connectivity index (χ0) is 19.7. The number of aromatic nitrogens is 2. The summed E-state index contributed by atoms with van der Waals surface area (Å²) in [5.41, 5.74) is 2.68. The first-order valence-corrected chi connectivity index (χ1v) is 9.74. The van der Waals surface area contributed by atoms with Crippen molar-refractivity contribution < 1.29 is 14.3 Å². The fourth-order valence-electron chi connectivity index (χ4n) is 4.31. The summed E-state index contributed by atoms with van der Waals surface area (Å²) in [6.07, 6.45) is 0.810. The number of hydrogen-bond donors (Lipinski definition) is 0. The molecule has 3 heterocycles. The Morgan fingerprint density at radius 3 is 2.71 bits per heavy atom. The number of rotatable bonds is 5. The smallest absolute Gasteiger partial charge is 0.410 e. The van der Waals surface area contributed by atoms with Crippen LogP contribution in [0, 0.1) is 13.8 Å². The minimum absolute atomic E-state index is 0.0963. The minimum atomic E-state index is -0.482. The van der Waals surface area contributed by atoms with E-state index in [-0.39, 0.29) is 12.0 Å². The van der Waals surface area contributed by atoms with Crippen LogP contribution in [-0.2, 0) is 22.5 Å². The molecular formula is C21H26N4O3. The maximum atomic E-state index is 12.9. The molecule has 2 aliphatic heterocycles. The zero-order valence-electron chi connectivity index (χ0n) is 16.4. The standard InChI is InChI=1S/C21H26N4O3/c1-16-12-17(2)25(22-16)9-8-19(26)23-10-11-24-20(27)28-15-21(24,14-23)13-18-6-4-3-5-7-18/h3-7,12H,8-11,13-15H2,1-2H3. The number of fused-ring (bicyclic) bond motifs is 1. The third kappa shape index (κ3) is 3.48. The number of cyclic esters (lactones) is 1. The first-order valence-electron chi connectivity index (χ1n) is 9.74. The van der Waals surface area contributed by atoms with Gasteiger partial charge in [-0.25, -0.2) is 4.79 Å². The molecule has 7 nitrogen and oxygen atoms in total. The Labute approximate surface area is 164 Å². The lowest BCUT2D eigenvalue weighted by atomic mass is 9.88. The number of amides is 2. The molecule has 0 bridgehead atoms. The van der Waals surface area contributed by atoms with Crippen LogP contribution in [0.25, 0.3) is 0 Å². The first kappa shape index (κ1) is 18.5. The van der Waals surface area contributed by atoms with E-state index in [4.69, 9.17) is 4.74 Å². The van der Waals surface area contributed by atoms with E-state index in [1.807, 2.05) is 52.6 Å². The Bertz CT molecular complexity index is 879. The fourth-order valence-corrected chi connectivity index (χ4v) is 4.31. The van der Waals surface area contributed by atoms with Crippen LogP contribution in [-0.4, -0.2) is 63.4 Å². The van der Waals surface area contributed by atoms with E-state index in [9.17, 15) is 9.59 Å². The third-order valence-electron chi connectivity index (χ3n) is 5.71. The molecule has 0 aliphatic carbocycles. The van der Waals surface area contributed by atoms with Crippen LogP contribution in [0.15, 0.2) is 36.4 Å². The van der Waals surface area contributed by atoms with E-state index in [0.717, 1.165) is 17.0 Å². The highest BCUT2D eigenvalue weighted by Gasteiger charge is 2.51. The van der Waals surface area contributed by atoms with Crippen LogP contribution in [0.2, 0.25) is 0 Å².